The molecule has 0 bridgehead atoms. The zero-order valence-corrected chi connectivity index (χ0v) is 16.6. The molecule has 2 rings (SSSR count). The molecule has 0 spiro atoms. The predicted octanol–water partition coefficient (Wildman–Crippen LogP) is 2.96. The fraction of sp³-hybridized carbons (Fsp3) is 0.235. The molecule has 0 unspecified atom stereocenters. The van der Waals surface area contributed by atoms with Crippen LogP contribution in [0.3, 0.4) is 0 Å². The molecule has 0 saturated heterocycles. The van der Waals surface area contributed by atoms with Crippen LogP contribution in [0.5, 0.6) is 23.0 Å². The monoisotopic (exact) mass is 459 g/mol. The first kappa shape index (κ1) is 20.7. The lowest BCUT2D eigenvalue weighted by atomic mass is 10.2. The van der Waals surface area contributed by atoms with Crippen LogP contribution >= 0.6 is 24.0 Å². The number of aromatic hydroxyl groups is 1. The van der Waals surface area contributed by atoms with E-state index in [0.717, 1.165) is 0 Å². The third kappa shape index (κ3) is 5.59. The zero-order chi connectivity index (χ0) is 17.5. The van der Waals surface area contributed by atoms with Gasteiger partial charge in [0.25, 0.3) is 0 Å². The molecular formula is C17H22IN3O4. The van der Waals surface area contributed by atoms with Gasteiger partial charge < -0.3 is 30.4 Å². The molecule has 0 heterocycles. The molecule has 0 aromatic heterocycles. The Hall–Kier alpha value is -2.36. The third-order valence-electron chi connectivity index (χ3n) is 3.36. The van der Waals surface area contributed by atoms with Crippen molar-refractivity contribution >= 4 is 35.6 Å². The molecule has 0 amide bonds. The fourth-order valence-corrected chi connectivity index (χ4v) is 2.09. The summed E-state index contributed by atoms with van der Waals surface area (Å²) in [4.78, 5) is 4.22. The van der Waals surface area contributed by atoms with Gasteiger partial charge in [0.05, 0.1) is 27.9 Å². The summed E-state index contributed by atoms with van der Waals surface area (Å²) in [5.41, 5.74) is 7.22. The van der Waals surface area contributed by atoms with Crippen molar-refractivity contribution in [3.05, 3.63) is 42.0 Å². The number of nitrogens with two attached hydrogens (primary N) is 1. The lowest BCUT2D eigenvalue weighted by Crippen LogP contribution is -2.22. The Bertz CT molecular complexity index is 738. The number of hydrogen-bond acceptors (Lipinski definition) is 5. The van der Waals surface area contributed by atoms with Gasteiger partial charge in [-0.3, -0.25) is 0 Å². The number of nitrogens with one attached hydrogen (secondary N) is 1. The van der Waals surface area contributed by atoms with Gasteiger partial charge in [-0.15, -0.1) is 24.0 Å². The van der Waals surface area contributed by atoms with Crippen LogP contribution < -0.4 is 25.3 Å². The summed E-state index contributed by atoms with van der Waals surface area (Å²) in [6, 6.07) is 10.3. The van der Waals surface area contributed by atoms with Crippen LogP contribution in [0.2, 0.25) is 0 Å². The first-order valence-electron chi connectivity index (χ1n) is 7.22. The van der Waals surface area contributed by atoms with Crippen molar-refractivity contribution in [3.63, 3.8) is 0 Å². The Morgan fingerprint density at radius 2 is 1.76 bits per heavy atom. The van der Waals surface area contributed by atoms with Crippen molar-refractivity contribution in [3.8, 4) is 23.0 Å². The van der Waals surface area contributed by atoms with Gasteiger partial charge in [-0.05, 0) is 30.3 Å². The van der Waals surface area contributed by atoms with Crippen LogP contribution in [0.1, 0.15) is 5.56 Å². The second-order valence-electron chi connectivity index (χ2n) is 4.89. The fourth-order valence-electron chi connectivity index (χ4n) is 2.09. The van der Waals surface area contributed by atoms with E-state index in [4.69, 9.17) is 19.9 Å². The van der Waals surface area contributed by atoms with E-state index in [1.54, 1.807) is 57.7 Å². The Morgan fingerprint density at radius 3 is 2.40 bits per heavy atom. The standard InChI is InChI=1S/C17H21N3O4.HI/c1-22-13-5-6-14(21)11(8-13)10-19-17(18)20-12-4-7-15(23-2)16(9-12)24-3;/h4-9,21H,10H2,1-3H3,(H3,18,19,20);1H. The number of phenolic OH excluding ortho intramolecular Hbond substituents is 1. The van der Waals surface area contributed by atoms with Crippen molar-refractivity contribution < 1.29 is 19.3 Å². The number of ether oxygens (including phenoxy) is 3. The zero-order valence-electron chi connectivity index (χ0n) is 14.3. The maximum absolute atomic E-state index is 9.84. The SMILES string of the molecule is COc1ccc(O)c(CN=C(N)Nc2ccc(OC)c(OC)c2)c1.I. The number of halogens is 1. The largest absolute Gasteiger partial charge is 0.508 e. The van der Waals surface area contributed by atoms with Crippen LogP contribution in [0.25, 0.3) is 0 Å². The van der Waals surface area contributed by atoms with Crippen molar-refractivity contribution in [2.45, 2.75) is 6.54 Å². The second-order valence-corrected chi connectivity index (χ2v) is 4.89. The number of aliphatic imine (C=N–C) groups is 1. The molecule has 7 nitrogen and oxygen atoms in total. The number of benzene rings is 2. The van der Waals surface area contributed by atoms with Crippen LogP contribution in [-0.2, 0) is 6.54 Å². The number of rotatable bonds is 6. The Kier molecular flexibility index (Phi) is 8.12. The average molecular weight is 459 g/mol. The topological polar surface area (TPSA) is 98.3 Å². The maximum Gasteiger partial charge on any atom is 0.193 e. The second kappa shape index (κ2) is 9.82. The number of guanidine groups is 1. The smallest absolute Gasteiger partial charge is 0.193 e. The minimum atomic E-state index is 0. The molecule has 0 radical (unpaired) electrons. The molecule has 136 valence electrons. The Balaban J connectivity index is 0.00000312. The van der Waals surface area contributed by atoms with E-state index in [1.807, 2.05) is 0 Å². The normalized spacial score (nSPS) is 10.6. The van der Waals surface area contributed by atoms with E-state index in [2.05, 4.69) is 10.3 Å². The Morgan fingerprint density at radius 1 is 1.04 bits per heavy atom. The molecule has 0 fully saturated rings. The number of phenols is 1. The molecular weight excluding hydrogens is 437 g/mol. The summed E-state index contributed by atoms with van der Waals surface area (Å²) < 4.78 is 15.5. The number of anilines is 1. The summed E-state index contributed by atoms with van der Waals surface area (Å²) in [7, 11) is 4.69. The molecule has 0 aliphatic carbocycles. The van der Waals surface area contributed by atoms with Crippen molar-refractivity contribution in [2.24, 2.45) is 10.7 Å². The van der Waals surface area contributed by atoms with Crippen molar-refractivity contribution in [1.82, 2.24) is 0 Å². The van der Waals surface area contributed by atoms with Gasteiger partial charge in [-0.25, -0.2) is 4.99 Å². The molecule has 0 atom stereocenters. The van der Waals surface area contributed by atoms with E-state index >= 15 is 0 Å². The first-order valence-corrected chi connectivity index (χ1v) is 7.22. The minimum Gasteiger partial charge on any atom is -0.508 e. The van der Waals surface area contributed by atoms with Crippen LogP contribution in [-0.4, -0.2) is 32.4 Å². The van der Waals surface area contributed by atoms with Gasteiger partial charge in [0.15, 0.2) is 17.5 Å². The van der Waals surface area contributed by atoms with Gasteiger partial charge in [-0.1, -0.05) is 0 Å². The van der Waals surface area contributed by atoms with E-state index in [0.29, 0.717) is 28.5 Å². The van der Waals surface area contributed by atoms with E-state index < -0.39 is 0 Å². The number of nitrogens with zero attached hydrogens (tertiary/aromatic N) is 1. The lowest BCUT2D eigenvalue weighted by molar-refractivity contribution is 0.355. The van der Waals surface area contributed by atoms with Crippen molar-refractivity contribution in [2.75, 3.05) is 26.6 Å². The number of methoxy groups -OCH3 is 3. The van der Waals surface area contributed by atoms with Gasteiger partial charge in [0, 0.05) is 17.3 Å². The molecule has 2 aromatic carbocycles. The van der Waals surface area contributed by atoms with Gasteiger partial charge in [0.2, 0.25) is 0 Å². The van der Waals surface area contributed by atoms with Gasteiger partial charge in [-0.2, -0.15) is 0 Å². The van der Waals surface area contributed by atoms with Gasteiger partial charge >= 0.3 is 0 Å². The van der Waals surface area contributed by atoms with Gasteiger partial charge in [0.1, 0.15) is 11.5 Å². The van der Waals surface area contributed by atoms with E-state index in [-0.39, 0.29) is 42.2 Å². The Labute approximate surface area is 163 Å². The number of hydrogen-bond donors (Lipinski definition) is 3. The first-order chi connectivity index (χ1) is 11.6. The molecule has 25 heavy (non-hydrogen) atoms. The maximum atomic E-state index is 9.84. The van der Waals surface area contributed by atoms with E-state index in [1.165, 1.54) is 0 Å². The average Bonchev–Trinajstić information content (AvgIpc) is 2.60. The molecule has 2 aromatic rings. The molecule has 0 saturated carbocycles. The van der Waals surface area contributed by atoms with E-state index in [9.17, 15) is 5.11 Å². The molecule has 0 aliphatic heterocycles. The summed E-state index contributed by atoms with van der Waals surface area (Å²) in [5, 5.41) is 12.8. The molecule has 0 aliphatic rings. The highest BCUT2D eigenvalue weighted by molar-refractivity contribution is 14.0. The van der Waals surface area contributed by atoms with Crippen LogP contribution in [0.15, 0.2) is 41.4 Å². The summed E-state index contributed by atoms with van der Waals surface area (Å²) in [6.45, 7) is 0.217. The molecule has 4 N–H and O–H groups in total. The van der Waals surface area contributed by atoms with Crippen LogP contribution in [0.4, 0.5) is 5.69 Å². The minimum absolute atomic E-state index is 0. The molecule has 8 heteroatoms. The summed E-state index contributed by atoms with van der Waals surface area (Å²) >= 11 is 0. The summed E-state index contributed by atoms with van der Waals surface area (Å²) in [6.07, 6.45) is 0. The van der Waals surface area contributed by atoms with Crippen molar-refractivity contribution in [1.29, 1.82) is 0 Å². The van der Waals surface area contributed by atoms with Crippen LogP contribution in [0, 0.1) is 0 Å². The summed E-state index contributed by atoms with van der Waals surface area (Å²) in [5.74, 6) is 2.20. The highest BCUT2D eigenvalue weighted by Gasteiger charge is 2.06. The highest BCUT2D eigenvalue weighted by Crippen LogP contribution is 2.29. The highest BCUT2D eigenvalue weighted by atomic mass is 127. The quantitative estimate of drug-likeness (QED) is 0.349. The third-order valence-corrected chi connectivity index (χ3v) is 3.36. The lowest BCUT2D eigenvalue weighted by Gasteiger charge is -2.11. The predicted molar refractivity (Wildman–Crippen MR) is 109 cm³/mol.